The average Bonchev–Trinajstić information content (AvgIpc) is 3.05. The maximum atomic E-state index is 11.6. The average molecular weight is 363 g/mol. The van der Waals surface area contributed by atoms with Crippen molar-refractivity contribution >= 4 is 16.8 Å². The van der Waals surface area contributed by atoms with Gasteiger partial charge in [-0.1, -0.05) is 61.2 Å². The van der Waals surface area contributed by atoms with Crippen LogP contribution in [0.4, 0.5) is 0 Å². The van der Waals surface area contributed by atoms with Gasteiger partial charge in [-0.25, -0.2) is 0 Å². The summed E-state index contributed by atoms with van der Waals surface area (Å²) in [5, 5.41) is 8.23. The fourth-order valence-corrected chi connectivity index (χ4v) is 2.92. The SMILES string of the molecule is C=CC(C)(OCCc1nn(Cc2ccccc2)c2ccccc12)C(=O)N=O. The van der Waals surface area contributed by atoms with Crippen molar-refractivity contribution in [2.75, 3.05) is 6.61 Å². The van der Waals surface area contributed by atoms with Gasteiger partial charge in [0, 0.05) is 17.0 Å². The summed E-state index contributed by atoms with van der Waals surface area (Å²) < 4.78 is 7.56. The number of aromatic nitrogens is 2. The van der Waals surface area contributed by atoms with E-state index in [1.165, 1.54) is 13.0 Å². The molecule has 1 atom stereocenters. The molecule has 0 spiro atoms. The van der Waals surface area contributed by atoms with Crippen molar-refractivity contribution in [2.24, 2.45) is 5.18 Å². The zero-order valence-corrected chi connectivity index (χ0v) is 15.2. The van der Waals surface area contributed by atoms with E-state index in [-0.39, 0.29) is 6.61 Å². The highest BCUT2D eigenvalue weighted by Crippen LogP contribution is 2.21. The van der Waals surface area contributed by atoms with E-state index in [1.54, 1.807) is 0 Å². The zero-order chi connectivity index (χ0) is 19.3. The highest BCUT2D eigenvalue weighted by atomic mass is 16.5. The van der Waals surface area contributed by atoms with Crippen LogP contribution in [0.1, 0.15) is 18.2 Å². The van der Waals surface area contributed by atoms with E-state index < -0.39 is 11.5 Å². The number of benzene rings is 2. The molecule has 3 aromatic rings. The summed E-state index contributed by atoms with van der Waals surface area (Å²) in [6.07, 6.45) is 1.79. The molecule has 0 radical (unpaired) electrons. The monoisotopic (exact) mass is 363 g/mol. The fourth-order valence-electron chi connectivity index (χ4n) is 2.92. The van der Waals surface area contributed by atoms with Crippen LogP contribution in [0.3, 0.4) is 0 Å². The lowest BCUT2D eigenvalue weighted by molar-refractivity contribution is -0.135. The number of hydrogen-bond donors (Lipinski definition) is 0. The van der Waals surface area contributed by atoms with E-state index in [4.69, 9.17) is 9.84 Å². The number of para-hydroxylation sites is 1. The van der Waals surface area contributed by atoms with Gasteiger partial charge in [-0.2, -0.15) is 5.10 Å². The fraction of sp³-hybridized carbons (Fsp3) is 0.238. The number of rotatable bonds is 8. The van der Waals surface area contributed by atoms with Crippen molar-refractivity contribution in [1.82, 2.24) is 9.78 Å². The molecule has 1 unspecified atom stereocenters. The molecule has 138 valence electrons. The second-order valence-corrected chi connectivity index (χ2v) is 6.41. The van der Waals surface area contributed by atoms with Crippen molar-refractivity contribution in [3.63, 3.8) is 0 Å². The number of hydrogen-bond acceptors (Lipinski definition) is 4. The lowest BCUT2D eigenvalue weighted by Gasteiger charge is -2.20. The van der Waals surface area contributed by atoms with Crippen LogP contribution in [-0.2, 0) is 22.5 Å². The molecule has 1 amide bonds. The van der Waals surface area contributed by atoms with Crippen molar-refractivity contribution < 1.29 is 9.53 Å². The first-order valence-electron chi connectivity index (χ1n) is 8.71. The molecule has 0 bridgehead atoms. The van der Waals surface area contributed by atoms with Crippen LogP contribution in [-0.4, -0.2) is 27.9 Å². The van der Waals surface area contributed by atoms with Gasteiger partial charge < -0.3 is 4.74 Å². The highest BCUT2D eigenvalue weighted by Gasteiger charge is 2.32. The summed E-state index contributed by atoms with van der Waals surface area (Å²) in [4.78, 5) is 22.2. The molecule has 6 heteroatoms. The van der Waals surface area contributed by atoms with Crippen LogP contribution in [0.15, 0.2) is 72.4 Å². The first-order valence-corrected chi connectivity index (χ1v) is 8.71. The van der Waals surface area contributed by atoms with Crippen LogP contribution in [0, 0.1) is 4.91 Å². The first-order chi connectivity index (χ1) is 13.1. The van der Waals surface area contributed by atoms with Crippen molar-refractivity contribution in [2.45, 2.75) is 25.5 Å². The molecular formula is C21H21N3O3. The Labute approximate surface area is 157 Å². The molecular weight excluding hydrogens is 342 g/mol. The number of fused-ring (bicyclic) bond motifs is 1. The topological polar surface area (TPSA) is 73.6 Å². The van der Waals surface area contributed by atoms with Gasteiger partial charge in [0.05, 0.1) is 24.4 Å². The Morgan fingerprint density at radius 1 is 1.22 bits per heavy atom. The van der Waals surface area contributed by atoms with Crippen molar-refractivity contribution in [3.05, 3.63) is 83.4 Å². The largest absolute Gasteiger partial charge is 0.361 e. The molecule has 1 aromatic heterocycles. The quantitative estimate of drug-likeness (QED) is 0.450. The Balaban J connectivity index is 1.80. The van der Waals surface area contributed by atoms with Gasteiger partial charge in [0.2, 0.25) is 0 Å². The van der Waals surface area contributed by atoms with Crippen molar-refractivity contribution in [1.29, 1.82) is 0 Å². The van der Waals surface area contributed by atoms with Crippen LogP contribution in [0.25, 0.3) is 10.9 Å². The van der Waals surface area contributed by atoms with E-state index >= 15 is 0 Å². The lowest BCUT2D eigenvalue weighted by atomic mass is 10.1. The van der Waals surface area contributed by atoms with Gasteiger partial charge in [0.1, 0.15) is 0 Å². The smallest absolute Gasteiger partial charge is 0.321 e. The highest BCUT2D eigenvalue weighted by molar-refractivity contribution is 5.87. The molecule has 27 heavy (non-hydrogen) atoms. The van der Waals surface area contributed by atoms with Crippen LogP contribution >= 0.6 is 0 Å². The number of nitrogens with zero attached hydrogens (tertiary/aromatic N) is 3. The van der Waals surface area contributed by atoms with Gasteiger partial charge in [-0.05, 0) is 18.6 Å². The summed E-state index contributed by atoms with van der Waals surface area (Å²) in [6.45, 7) is 5.93. The Hall–Kier alpha value is -3.12. The molecule has 0 saturated heterocycles. The molecule has 6 nitrogen and oxygen atoms in total. The van der Waals surface area contributed by atoms with Crippen LogP contribution < -0.4 is 0 Å². The first kappa shape index (κ1) is 18.7. The van der Waals surface area contributed by atoms with E-state index in [0.717, 1.165) is 22.2 Å². The normalized spacial score (nSPS) is 13.2. The third-order valence-electron chi connectivity index (χ3n) is 4.55. The molecule has 0 fully saturated rings. The molecule has 0 aliphatic carbocycles. The van der Waals surface area contributed by atoms with Gasteiger partial charge in [0.25, 0.3) is 0 Å². The minimum absolute atomic E-state index is 0.218. The minimum atomic E-state index is -1.41. The lowest BCUT2D eigenvalue weighted by Crippen LogP contribution is -2.35. The van der Waals surface area contributed by atoms with Crippen molar-refractivity contribution in [3.8, 4) is 0 Å². The van der Waals surface area contributed by atoms with Gasteiger partial charge in [0.15, 0.2) is 5.60 Å². The maximum Gasteiger partial charge on any atom is 0.321 e. The molecule has 2 aromatic carbocycles. The summed E-state index contributed by atoms with van der Waals surface area (Å²) >= 11 is 0. The number of carbonyl (C=O) groups excluding carboxylic acids is 1. The second-order valence-electron chi connectivity index (χ2n) is 6.41. The summed E-state index contributed by atoms with van der Waals surface area (Å²) in [5.74, 6) is -0.892. The molecule has 0 N–H and O–H groups in total. The number of amides is 1. The third kappa shape index (κ3) is 4.01. The zero-order valence-electron chi connectivity index (χ0n) is 15.2. The molecule has 0 aliphatic rings. The Bertz CT molecular complexity index is 965. The van der Waals surface area contributed by atoms with Crippen LogP contribution in [0.5, 0.6) is 0 Å². The van der Waals surface area contributed by atoms with E-state index in [1.807, 2.05) is 47.1 Å². The van der Waals surface area contributed by atoms with Crippen LogP contribution in [0.2, 0.25) is 0 Å². The maximum absolute atomic E-state index is 11.6. The predicted octanol–water partition coefficient (Wildman–Crippen LogP) is 3.88. The van der Waals surface area contributed by atoms with Gasteiger partial charge in [-0.3, -0.25) is 9.48 Å². The van der Waals surface area contributed by atoms with Gasteiger partial charge >= 0.3 is 5.91 Å². The Morgan fingerprint density at radius 3 is 2.63 bits per heavy atom. The van der Waals surface area contributed by atoms with E-state index in [2.05, 4.69) is 23.9 Å². The number of carbonyl (C=O) groups is 1. The second kappa shape index (κ2) is 8.05. The number of ether oxygens (including phenoxy) is 1. The van der Waals surface area contributed by atoms with E-state index in [9.17, 15) is 9.70 Å². The minimum Gasteiger partial charge on any atom is -0.361 e. The summed E-state index contributed by atoms with van der Waals surface area (Å²) in [7, 11) is 0. The molecule has 0 aliphatic heterocycles. The molecule has 3 rings (SSSR count). The Kier molecular flexibility index (Phi) is 5.57. The Morgan fingerprint density at radius 2 is 1.93 bits per heavy atom. The van der Waals surface area contributed by atoms with Gasteiger partial charge in [-0.15, -0.1) is 4.91 Å². The summed E-state index contributed by atoms with van der Waals surface area (Å²) in [5.41, 5.74) is 1.66. The summed E-state index contributed by atoms with van der Waals surface area (Å²) in [6, 6.07) is 18.1. The third-order valence-corrected chi connectivity index (χ3v) is 4.55. The predicted molar refractivity (Wildman–Crippen MR) is 104 cm³/mol. The van der Waals surface area contributed by atoms with E-state index in [0.29, 0.717) is 13.0 Å². The molecule has 0 saturated carbocycles. The molecule has 1 heterocycles. The standard InChI is InChI=1S/C21H21N3O3/c1-3-21(2,20(25)23-26)27-14-13-18-17-11-7-8-12-19(17)24(22-18)15-16-9-5-4-6-10-16/h3-12H,1,13-15H2,2H3. The number of nitroso groups, excluding NO2 is 1.